The van der Waals surface area contributed by atoms with E-state index in [0.717, 1.165) is 89.9 Å². The summed E-state index contributed by atoms with van der Waals surface area (Å²) in [5.41, 5.74) is 0. The van der Waals surface area contributed by atoms with Gasteiger partial charge in [0.2, 0.25) is 0 Å². The highest BCUT2D eigenvalue weighted by molar-refractivity contribution is 5.71. The molecule has 1 N–H and O–H groups in total. The predicted octanol–water partition coefficient (Wildman–Crippen LogP) is 9.99. The fourth-order valence-corrected chi connectivity index (χ4v) is 4.80. The van der Waals surface area contributed by atoms with E-state index in [4.69, 9.17) is 18.9 Å². The molecular weight excluding hydrogens is 670 g/mol. The molecule has 0 bridgehead atoms. The van der Waals surface area contributed by atoms with E-state index in [-0.39, 0.29) is 38.6 Å². The molecule has 0 fully saturated rings. The molecule has 0 heterocycles. The minimum atomic E-state index is -1.53. The smallest absolute Gasteiger partial charge is 0.361 e. The van der Waals surface area contributed by atoms with E-state index in [0.29, 0.717) is 17.4 Å². The second-order valence-electron chi connectivity index (χ2n) is 14.2. The molecule has 0 aliphatic heterocycles. The minimum absolute atomic E-state index is 0.173. The molecule has 0 aliphatic carbocycles. The lowest BCUT2D eigenvalue weighted by Crippen LogP contribution is -2.40. The predicted molar refractivity (Wildman–Crippen MR) is 216 cm³/mol. The van der Waals surface area contributed by atoms with E-state index in [1.165, 1.54) is 6.42 Å². The Morgan fingerprint density at radius 1 is 0.585 bits per heavy atom. The van der Waals surface area contributed by atoms with Crippen LogP contribution in [0.1, 0.15) is 129 Å². The topological polar surface area (TPSA) is 108 Å². The molecule has 0 rings (SSSR count). The zero-order valence-corrected chi connectivity index (χ0v) is 33.9. The molecule has 2 atom stereocenters. The third-order valence-corrected chi connectivity index (χ3v) is 7.93. The van der Waals surface area contributed by atoms with E-state index in [9.17, 15) is 19.5 Å². The van der Waals surface area contributed by atoms with Crippen LogP contribution in [0.25, 0.3) is 0 Å². The highest BCUT2D eigenvalue weighted by atomic mass is 16.7. The van der Waals surface area contributed by atoms with Crippen molar-refractivity contribution in [1.82, 2.24) is 0 Å². The number of quaternary nitrogens is 1. The number of ether oxygens (including phenoxy) is 4. The van der Waals surface area contributed by atoms with Gasteiger partial charge in [0.05, 0.1) is 34.4 Å². The van der Waals surface area contributed by atoms with Gasteiger partial charge in [-0.2, -0.15) is 0 Å². The minimum Gasteiger partial charge on any atom is -0.477 e. The summed E-state index contributed by atoms with van der Waals surface area (Å²) in [5, 5.41) is 9.60. The summed E-state index contributed by atoms with van der Waals surface area (Å²) >= 11 is 0. The standard InChI is InChI=1S/C44H73NO8/c1-6-8-10-12-14-16-18-20-21-23-25-27-29-31-33-35-42(47)53-40(39-52-44(43(48)49)50-37-36-45(3,4)5)38-51-41(46)34-32-30-28-26-24-22-19-17-15-13-11-9-7-2/h8,10-11,13-14,16-17,19-21,25,27,40,44H,6-7,9,12,15,18,22-24,26,28-39H2,1-5H3/p+1/b10-8-,13-11-,16-14-,19-17-,21-20-,27-25-. The van der Waals surface area contributed by atoms with E-state index < -0.39 is 24.3 Å². The van der Waals surface area contributed by atoms with Gasteiger partial charge in [-0.15, -0.1) is 0 Å². The Morgan fingerprint density at radius 2 is 1.08 bits per heavy atom. The SMILES string of the molecule is CC/C=C\C/C=C\C/C=C\C/C=C\CCCCC(=O)OC(COC(=O)CCCCCCC/C=C\C/C=C\CCC)COC(OCC[N+](C)(C)C)C(=O)O. The summed E-state index contributed by atoms with van der Waals surface area (Å²) < 4.78 is 22.6. The Labute approximate surface area is 322 Å². The fourth-order valence-electron chi connectivity index (χ4n) is 4.80. The first kappa shape index (κ1) is 49.7. The zero-order chi connectivity index (χ0) is 39.3. The molecule has 0 saturated carbocycles. The molecule has 0 spiro atoms. The van der Waals surface area contributed by atoms with Crippen LogP contribution in [0.2, 0.25) is 0 Å². The van der Waals surface area contributed by atoms with Crippen LogP contribution in [0.5, 0.6) is 0 Å². The number of carboxylic acids is 1. The van der Waals surface area contributed by atoms with E-state index in [1.807, 2.05) is 21.1 Å². The van der Waals surface area contributed by atoms with Crippen LogP contribution in [-0.4, -0.2) is 87.4 Å². The quantitative estimate of drug-likeness (QED) is 0.0225. The van der Waals surface area contributed by atoms with Gasteiger partial charge in [-0.25, -0.2) is 4.79 Å². The molecule has 0 aromatic carbocycles. The summed E-state index contributed by atoms with van der Waals surface area (Å²) in [6.45, 7) is 4.58. The Hall–Kier alpha value is -3.27. The number of rotatable bonds is 35. The third kappa shape index (κ3) is 36.9. The van der Waals surface area contributed by atoms with E-state index in [1.54, 1.807) is 0 Å². The van der Waals surface area contributed by atoms with Crippen LogP contribution in [0.4, 0.5) is 0 Å². The molecule has 2 unspecified atom stereocenters. The van der Waals surface area contributed by atoms with Crippen LogP contribution in [0.3, 0.4) is 0 Å². The highest BCUT2D eigenvalue weighted by Gasteiger charge is 2.25. The lowest BCUT2D eigenvalue weighted by atomic mass is 10.1. The van der Waals surface area contributed by atoms with Crippen molar-refractivity contribution in [3.05, 3.63) is 72.9 Å². The maximum absolute atomic E-state index is 12.7. The summed E-state index contributed by atoms with van der Waals surface area (Å²) in [6, 6.07) is 0. The normalized spacial score (nSPS) is 13.8. The second kappa shape index (κ2) is 35.7. The van der Waals surface area contributed by atoms with Gasteiger partial charge in [0.25, 0.3) is 6.29 Å². The van der Waals surface area contributed by atoms with Crippen molar-refractivity contribution in [2.24, 2.45) is 0 Å². The third-order valence-electron chi connectivity index (χ3n) is 7.93. The van der Waals surface area contributed by atoms with Crippen LogP contribution < -0.4 is 0 Å². The summed E-state index contributed by atoms with van der Waals surface area (Å²) in [4.78, 5) is 36.9. The molecule has 0 saturated heterocycles. The molecule has 53 heavy (non-hydrogen) atoms. The van der Waals surface area contributed by atoms with E-state index in [2.05, 4.69) is 86.8 Å². The number of unbranched alkanes of at least 4 members (excludes halogenated alkanes) is 8. The molecule has 0 aliphatic rings. The van der Waals surface area contributed by atoms with Crippen molar-refractivity contribution >= 4 is 17.9 Å². The molecule has 9 nitrogen and oxygen atoms in total. The monoisotopic (exact) mass is 745 g/mol. The molecule has 0 radical (unpaired) electrons. The van der Waals surface area contributed by atoms with Gasteiger partial charge < -0.3 is 28.5 Å². The van der Waals surface area contributed by atoms with Crippen molar-refractivity contribution in [2.45, 2.75) is 142 Å². The number of hydrogen-bond donors (Lipinski definition) is 1. The second-order valence-corrected chi connectivity index (χ2v) is 14.2. The molecule has 0 amide bonds. The Kier molecular flexibility index (Phi) is 33.5. The first-order chi connectivity index (χ1) is 25.6. The maximum atomic E-state index is 12.7. The maximum Gasteiger partial charge on any atom is 0.361 e. The summed E-state index contributed by atoms with van der Waals surface area (Å²) in [6.07, 6.45) is 39.7. The highest BCUT2D eigenvalue weighted by Crippen LogP contribution is 2.11. The number of carbonyl (C=O) groups excluding carboxylic acids is 2. The van der Waals surface area contributed by atoms with Gasteiger partial charge in [-0.3, -0.25) is 9.59 Å². The number of hydrogen-bond acceptors (Lipinski definition) is 7. The van der Waals surface area contributed by atoms with Gasteiger partial charge in [-0.05, 0) is 77.0 Å². The Morgan fingerprint density at radius 3 is 1.64 bits per heavy atom. The lowest BCUT2D eigenvalue weighted by Gasteiger charge is -2.25. The van der Waals surface area contributed by atoms with Crippen LogP contribution >= 0.6 is 0 Å². The van der Waals surface area contributed by atoms with Crippen molar-refractivity contribution in [1.29, 1.82) is 0 Å². The van der Waals surface area contributed by atoms with Gasteiger partial charge in [-0.1, -0.05) is 112 Å². The van der Waals surface area contributed by atoms with Crippen molar-refractivity contribution in [2.75, 3.05) is 47.5 Å². The number of likely N-dealkylation sites (N-methyl/N-ethyl adjacent to an activating group) is 1. The van der Waals surface area contributed by atoms with Gasteiger partial charge in [0, 0.05) is 12.8 Å². The van der Waals surface area contributed by atoms with Gasteiger partial charge in [0.15, 0.2) is 6.10 Å². The molecule has 0 aromatic rings. The van der Waals surface area contributed by atoms with Gasteiger partial charge >= 0.3 is 17.9 Å². The number of aliphatic carboxylic acids is 1. The molecule has 9 heteroatoms. The van der Waals surface area contributed by atoms with Gasteiger partial charge in [0.1, 0.15) is 13.2 Å². The molecule has 302 valence electrons. The number of carboxylic acid groups (broad SMARTS) is 1. The first-order valence-electron chi connectivity index (χ1n) is 20.1. The largest absolute Gasteiger partial charge is 0.477 e. The van der Waals surface area contributed by atoms with Crippen LogP contribution in [0, 0.1) is 0 Å². The number of carbonyl (C=O) groups is 3. The average molecular weight is 745 g/mol. The summed E-state index contributed by atoms with van der Waals surface area (Å²) in [5.74, 6) is -2.10. The fraction of sp³-hybridized carbons (Fsp3) is 0.659. The van der Waals surface area contributed by atoms with Crippen LogP contribution in [0.15, 0.2) is 72.9 Å². The Balaban J connectivity index is 4.63. The molecular formula is C44H74NO8+. The summed E-state index contributed by atoms with van der Waals surface area (Å²) in [7, 11) is 5.92. The van der Waals surface area contributed by atoms with Crippen molar-refractivity contribution in [3.8, 4) is 0 Å². The lowest BCUT2D eigenvalue weighted by molar-refractivity contribution is -0.870. The molecule has 0 aromatic heterocycles. The Bertz CT molecular complexity index is 1100. The average Bonchev–Trinajstić information content (AvgIpc) is 3.11. The number of nitrogens with zero attached hydrogens (tertiary/aromatic N) is 1. The van der Waals surface area contributed by atoms with Crippen molar-refractivity contribution in [3.63, 3.8) is 0 Å². The van der Waals surface area contributed by atoms with E-state index >= 15 is 0 Å². The van der Waals surface area contributed by atoms with Crippen molar-refractivity contribution < 1.29 is 42.9 Å². The first-order valence-corrected chi connectivity index (χ1v) is 20.1. The zero-order valence-electron chi connectivity index (χ0n) is 33.9. The van der Waals surface area contributed by atoms with Crippen LogP contribution in [-0.2, 0) is 33.3 Å². The number of allylic oxidation sites excluding steroid dienone is 12. The number of esters is 2.